The molecule has 0 saturated heterocycles. The Morgan fingerprint density at radius 2 is 0.500 bits per heavy atom. The van der Waals surface area contributed by atoms with E-state index in [0.29, 0.717) is 0 Å². The van der Waals surface area contributed by atoms with E-state index in [0.717, 1.165) is 0 Å². The molecule has 0 radical (unpaired) electrons. The van der Waals surface area contributed by atoms with Crippen LogP contribution in [-0.4, -0.2) is 0 Å². The van der Waals surface area contributed by atoms with Crippen molar-refractivity contribution < 1.29 is 0 Å². The monoisotopic (exact) mass is 1000 g/mol. The first-order valence-electron chi connectivity index (χ1n) is 28.1. The highest BCUT2D eigenvalue weighted by molar-refractivity contribution is 6.51. The molecule has 1 aliphatic carbocycles. The molecule has 0 saturated carbocycles. The van der Waals surface area contributed by atoms with Crippen LogP contribution in [0.4, 0.5) is 0 Å². The van der Waals surface area contributed by atoms with Crippen molar-refractivity contribution in [1.29, 1.82) is 0 Å². The molecule has 19 rings (SSSR count). The summed E-state index contributed by atoms with van der Waals surface area (Å²) in [5, 5.41) is 29.1. The highest BCUT2D eigenvalue weighted by Crippen LogP contribution is 2.63. The van der Waals surface area contributed by atoms with Gasteiger partial charge in [-0.05, 0) is 209 Å². The van der Waals surface area contributed by atoms with E-state index in [1.165, 1.54) is 196 Å². The van der Waals surface area contributed by atoms with Crippen LogP contribution in [0.15, 0.2) is 267 Å². The third-order valence-electron chi connectivity index (χ3n) is 18.6. The van der Waals surface area contributed by atoms with Crippen LogP contribution in [0.3, 0.4) is 0 Å². The Hall–Kier alpha value is -10.4. The molecule has 0 atom stereocenters. The Bertz CT molecular complexity index is 5580. The first-order valence-corrected chi connectivity index (χ1v) is 28.1. The van der Waals surface area contributed by atoms with E-state index in [4.69, 9.17) is 0 Å². The van der Waals surface area contributed by atoms with Crippen LogP contribution in [0.5, 0.6) is 0 Å². The lowest BCUT2D eigenvalue weighted by Crippen LogP contribution is -1.97. The van der Waals surface area contributed by atoms with Gasteiger partial charge in [0.2, 0.25) is 0 Å². The lowest BCUT2D eigenvalue weighted by molar-refractivity contribution is 1.57. The smallest absolute Gasteiger partial charge is 0.000696 e. The Kier molecular flexibility index (Phi) is 8.34. The number of benzene rings is 16. The molecule has 1 aliphatic rings. The maximum absolute atomic E-state index is 2.50. The van der Waals surface area contributed by atoms with Gasteiger partial charge in [-0.3, -0.25) is 0 Å². The van der Waals surface area contributed by atoms with Gasteiger partial charge in [0.1, 0.15) is 0 Å². The fourth-order valence-corrected chi connectivity index (χ4v) is 15.5. The molecule has 0 heterocycles. The largest absolute Gasteiger partial charge is 0.0622 e. The number of hydrogen-bond donors (Lipinski definition) is 0. The van der Waals surface area contributed by atoms with Crippen molar-refractivity contribution in [2.75, 3.05) is 0 Å². The van der Waals surface area contributed by atoms with Gasteiger partial charge in [0.15, 0.2) is 0 Å². The highest BCUT2D eigenvalue weighted by atomic mass is 14.4. The molecular weight excluding hydrogens is 961 g/mol. The molecule has 0 amide bonds. The zero-order valence-corrected chi connectivity index (χ0v) is 43.4. The van der Waals surface area contributed by atoms with E-state index in [-0.39, 0.29) is 0 Å². The predicted molar refractivity (Wildman–Crippen MR) is 344 cm³/mol. The molecule has 0 unspecified atom stereocenters. The zero-order chi connectivity index (χ0) is 51.9. The molecule has 0 nitrogen and oxygen atoms in total. The highest BCUT2D eigenvalue weighted by Gasteiger charge is 2.35. The van der Waals surface area contributed by atoms with Crippen molar-refractivity contribution in [1.82, 2.24) is 0 Å². The molecule has 364 valence electrons. The van der Waals surface area contributed by atoms with Gasteiger partial charge in [-0.25, -0.2) is 0 Å². The van der Waals surface area contributed by atoms with E-state index in [9.17, 15) is 0 Å². The van der Waals surface area contributed by atoms with Gasteiger partial charge in [0, 0.05) is 0 Å². The summed E-state index contributed by atoms with van der Waals surface area (Å²) in [6, 6.07) is 101. The van der Waals surface area contributed by atoms with Crippen LogP contribution >= 0.6 is 0 Å². The number of fused-ring (bicyclic) bond motifs is 14. The van der Waals surface area contributed by atoms with Crippen LogP contribution in [0.25, 0.3) is 196 Å². The molecule has 18 aromatic rings. The maximum Gasteiger partial charge on any atom is -0.000696 e. The summed E-state index contributed by atoms with van der Waals surface area (Å²) in [4.78, 5) is 0. The SMILES string of the molecule is c1ccc(-c2cccc(-c3ccccc3)c2-c2c3c(c(-c4ccccc4)c4cc5ccccc5cc24)-c2ccc4c5ccc6c7c(-c8ccccc8)c8cccc9c%10ccccc%10c(c89)c7c7ccc(c8ccc-3c2c48)c5c67)cc1. The Labute approximate surface area is 460 Å². The van der Waals surface area contributed by atoms with Crippen molar-refractivity contribution >= 4 is 118 Å². The molecule has 0 aromatic heterocycles. The summed E-state index contributed by atoms with van der Waals surface area (Å²) >= 11 is 0. The van der Waals surface area contributed by atoms with Gasteiger partial charge < -0.3 is 0 Å². The second-order valence-corrected chi connectivity index (χ2v) is 22.4. The molecule has 0 aliphatic heterocycles. The van der Waals surface area contributed by atoms with Crippen molar-refractivity contribution in [3.05, 3.63) is 267 Å². The third-order valence-corrected chi connectivity index (χ3v) is 18.6. The lowest BCUT2D eigenvalue weighted by atomic mass is 9.78. The summed E-state index contributed by atoms with van der Waals surface area (Å²) in [6.45, 7) is 0. The van der Waals surface area contributed by atoms with E-state index in [2.05, 4.69) is 267 Å². The van der Waals surface area contributed by atoms with Crippen molar-refractivity contribution in [3.63, 3.8) is 0 Å². The molecule has 0 heteroatoms. The van der Waals surface area contributed by atoms with E-state index in [1.54, 1.807) is 0 Å². The maximum atomic E-state index is 2.50. The zero-order valence-electron chi connectivity index (χ0n) is 43.4. The molecule has 0 N–H and O–H groups in total. The number of hydrogen-bond acceptors (Lipinski definition) is 0. The second kappa shape index (κ2) is 15.6. The minimum atomic E-state index is 1.20. The van der Waals surface area contributed by atoms with Crippen LogP contribution in [0, 0.1) is 0 Å². The normalized spacial score (nSPS) is 12.5. The average Bonchev–Trinajstić information content (AvgIpc) is 3.66. The van der Waals surface area contributed by atoms with Gasteiger partial charge in [-0.15, -0.1) is 0 Å². The fourth-order valence-electron chi connectivity index (χ4n) is 15.5. The van der Waals surface area contributed by atoms with Gasteiger partial charge in [0.25, 0.3) is 0 Å². The fraction of sp³-hybridized carbons (Fsp3) is 0. The molecule has 0 fully saturated rings. The van der Waals surface area contributed by atoms with E-state index < -0.39 is 0 Å². The first-order chi connectivity index (χ1) is 39.8. The Morgan fingerprint density at radius 1 is 0.138 bits per heavy atom. The minimum absolute atomic E-state index is 1.20. The lowest BCUT2D eigenvalue weighted by Gasteiger charge is -2.24. The van der Waals surface area contributed by atoms with Gasteiger partial charge in [-0.2, -0.15) is 0 Å². The second-order valence-electron chi connectivity index (χ2n) is 22.4. The van der Waals surface area contributed by atoms with E-state index >= 15 is 0 Å². The van der Waals surface area contributed by atoms with Crippen LogP contribution in [-0.2, 0) is 0 Å². The Balaban J connectivity index is 0.989. The summed E-state index contributed by atoms with van der Waals surface area (Å²) in [5.41, 5.74) is 17.7. The third kappa shape index (κ3) is 5.40. The van der Waals surface area contributed by atoms with Crippen molar-refractivity contribution in [2.45, 2.75) is 0 Å². The van der Waals surface area contributed by atoms with Crippen LogP contribution in [0.2, 0.25) is 0 Å². The molecule has 18 aromatic carbocycles. The summed E-state index contributed by atoms with van der Waals surface area (Å²) in [5.74, 6) is 0. The minimum Gasteiger partial charge on any atom is -0.0622 e. The number of rotatable bonds is 5. The first kappa shape index (κ1) is 42.7. The Morgan fingerprint density at radius 3 is 1.10 bits per heavy atom. The molecule has 0 spiro atoms. The van der Waals surface area contributed by atoms with Gasteiger partial charge >= 0.3 is 0 Å². The summed E-state index contributed by atoms with van der Waals surface area (Å²) in [7, 11) is 0. The van der Waals surface area contributed by atoms with Crippen LogP contribution in [0.1, 0.15) is 0 Å². The quantitative estimate of drug-likeness (QED) is 0.119. The topological polar surface area (TPSA) is 0 Å². The summed E-state index contributed by atoms with van der Waals surface area (Å²) < 4.78 is 0. The standard InChI is InChI=1S/C80H44/c1-5-19-45(20-6-1)51-31-17-32-52(46-21-7-2-8-22-46)69(51)80-66-44-50-28-14-13-27-49(50)43-65(66)68(48-25-11-4-12-26-48)77-62-40-36-57-56-35-39-61-73-63(41-37-58(70(56)73)59-38-42-64(79(77)80)74(62)71(57)59)78-75-55-30-16-15-29-53(55)54-33-18-34-60(72(54)75)67(76(61)78)47-23-9-3-10-24-47/h1-44H. The van der Waals surface area contributed by atoms with Crippen molar-refractivity contribution in [2.24, 2.45) is 0 Å². The predicted octanol–water partition coefficient (Wildman–Crippen LogP) is 22.7. The summed E-state index contributed by atoms with van der Waals surface area (Å²) in [6.07, 6.45) is 0. The molecular formula is C80H44. The van der Waals surface area contributed by atoms with Gasteiger partial charge in [0.05, 0.1) is 0 Å². The molecule has 0 bridgehead atoms. The van der Waals surface area contributed by atoms with Crippen molar-refractivity contribution in [3.8, 4) is 77.9 Å². The van der Waals surface area contributed by atoms with E-state index in [1.807, 2.05) is 0 Å². The van der Waals surface area contributed by atoms with Crippen LogP contribution < -0.4 is 0 Å². The average molecular weight is 1010 g/mol. The molecule has 80 heavy (non-hydrogen) atoms. The van der Waals surface area contributed by atoms with Gasteiger partial charge in [-0.1, -0.05) is 255 Å².